The molecular formula is C20H22N2O3S. The number of hydrogen-bond acceptors (Lipinski definition) is 3. The van der Waals surface area contributed by atoms with Gasteiger partial charge in [0, 0.05) is 24.0 Å². The number of carbonyl (C=O) groups excluding carboxylic acids is 1. The lowest BCUT2D eigenvalue weighted by Crippen LogP contribution is -2.34. The summed E-state index contributed by atoms with van der Waals surface area (Å²) in [5, 5.41) is 0. The number of fused-ring (bicyclic) bond motifs is 1. The van der Waals surface area contributed by atoms with E-state index in [9.17, 15) is 13.2 Å². The molecule has 0 bridgehead atoms. The van der Waals surface area contributed by atoms with E-state index in [0.29, 0.717) is 5.69 Å². The summed E-state index contributed by atoms with van der Waals surface area (Å²) in [6.07, 6.45) is 6.38. The molecule has 0 aromatic heterocycles. The molecule has 3 rings (SSSR count). The third kappa shape index (κ3) is 4.52. The lowest BCUT2D eigenvalue weighted by Gasteiger charge is -2.29. The third-order valence-electron chi connectivity index (χ3n) is 4.25. The van der Waals surface area contributed by atoms with Crippen LogP contribution < -0.4 is 9.62 Å². The van der Waals surface area contributed by atoms with Crippen LogP contribution in [0.15, 0.2) is 48.5 Å². The number of anilines is 2. The first-order valence-corrected chi connectivity index (χ1v) is 10.4. The normalized spacial score (nSPS) is 14.3. The van der Waals surface area contributed by atoms with Gasteiger partial charge in [-0.2, -0.15) is 0 Å². The molecule has 1 heterocycles. The maximum absolute atomic E-state index is 12.6. The monoisotopic (exact) mass is 370 g/mol. The molecule has 2 aromatic carbocycles. The average molecular weight is 370 g/mol. The zero-order chi connectivity index (χ0) is 18.7. The molecule has 26 heavy (non-hydrogen) atoms. The van der Waals surface area contributed by atoms with Crippen LogP contribution in [0, 0.1) is 6.92 Å². The smallest absolute Gasteiger partial charge is 0.250 e. The quantitative estimate of drug-likeness (QED) is 0.839. The summed E-state index contributed by atoms with van der Waals surface area (Å²) < 4.78 is 24.9. The largest absolute Gasteiger partial charge is 0.309 e. The third-order valence-corrected chi connectivity index (χ3v) is 4.86. The van der Waals surface area contributed by atoms with Crippen LogP contribution in [-0.2, 0) is 21.2 Å². The second-order valence-electron chi connectivity index (χ2n) is 6.56. The Balaban J connectivity index is 1.72. The van der Waals surface area contributed by atoms with Gasteiger partial charge in [-0.3, -0.25) is 9.52 Å². The van der Waals surface area contributed by atoms with Gasteiger partial charge in [-0.1, -0.05) is 29.8 Å². The van der Waals surface area contributed by atoms with Crippen molar-refractivity contribution in [3.05, 3.63) is 65.2 Å². The molecule has 0 saturated heterocycles. The van der Waals surface area contributed by atoms with Crippen molar-refractivity contribution < 1.29 is 13.2 Å². The molecule has 2 aromatic rings. The highest BCUT2D eigenvalue weighted by atomic mass is 32.2. The van der Waals surface area contributed by atoms with Gasteiger partial charge >= 0.3 is 0 Å². The molecule has 0 spiro atoms. The minimum absolute atomic E-state index is 0.0480. The molecule has 0 fully saturated rings. The van der Waals surface area contributed by atoms with Crippen LogP contribution in [0.4, 0.5) is 11.4 Å². The summed E-state index contributed by atoms with van der Waals surface area (Å²) in [5.74, 6) is -0.0480. The van der Waals surface area contributed by atoms with E-state index in [-0.39, 0.29) is 5.91 Å². The predicted molar refractivity (Wildman–Crippen MR) is 106 cm³/mol. The Morgan fingerprint density at radius 1 is 1.15 bits per heavy atom. The Labute approximate surface area is 154 Å². The van der Waals surface area contributed by atoms with Crippen LogP contribution in [0.1, 0.15) is 23.1 Å². The van der Waals surface area contributed by atoms with E-state index in [4.69, 9.17) is 0 Å². The Morgan fingerprint density at radius 3 is 2.58 bits per heavy atom. The van der Waals surface area contributed by atoms with Crippen molar-refractivity contribution in [2.24, 2.45) is 0 Å². The number of rotatable bonds is 4. The Kier molecular flexibility index (Phi) is 5.13. The minimum atomic E-state index is -3.29. The standard InChI is InChI=1S/C20H22N2O3S/c1-15-5-11-19-17(14-15)4-3-13-22(19)20(23)12-8-16-6-9-18(10-7-16)21-26(2,24)25/h5-12,14,21H,3-4,13H2,1-2H3/b12-8+. The van der Waals surface area contributed by atoms with Gasteiger partial charge in [0.1, 0.15) is 0 Å². The van der Waals surface area contributed by atoms with Crippen molar-refractivity contribution in [1.29, 1.82) is 0 Å². The first-order valence-electron chi connectivity index (χ1n) is 8.49. The number of benzene rings is 2. The van der Waals surface area contributed by atoms with E-state index in [1.807, 2.05) is 17.0 Å². The average Bonchev–Trinajstić information content (AvgIpc) is 2.58. The molecule has 0 radical (unpaired) electrons. The fraction of sp³-hybridized carbons (Fsp3) is 0.250. The van der Waals surface area contributed by atoms with E-state index >= 15 is 0 Å². The van der Waals surface area contributed by atoms with Gasteiger partial charge < -0.3 is 4.90 Å². The van der Waals surface area contributed by atoms with Gasteiger partial charge in [-0.25, -0.2) is 8.42 Å². The van der Waals surface area contributed by atoms with Crippen LogP contribution in [0.5, 0.6) is 0 Å². The van der Waals surface area contributed by atoms with E-state index < -0.39 is 10.0 Å². The lowest BCUT2D eigenvalue weighted by atomic mass is 9.99. The molecule has 1 N–H and O–H groups in total. The first-order chi connectivity index (χ1) is 12.3. The summed E-state index contributed by atoms with van der Waals surface area (Å²) >= 11 is 0. The van der Waals surface area contributed by atoms with E-state index in [0.717, 1.165) is 36.9 Å². The lowest BCUT2D eigenvalue weighted by molar-refractivity contribution is -0.114. The van der Waals surface area contributed by atoms with Gasteiger partial charge in [0.15, 0.2) is 0 Å². The molecule has 1 aliphatic heterocycles. The number of amides is 1. The number of hydrogen-bond donors (Lipinski definition) is 1. The summed E-state index contributed by atoms with van der Waals surface area (Å²) in [6, 6.07) is 13.1. The van der Waals surface area contributed by atoms with E-state index in [2.05, 4.69) is 17.7 Å². The number of nitrogens with one attached hydrogen (secondary N) is 1. The van der Waals surface area contributed by atoms with Gasteiger partial charge in [0.2, 0.25) is 10.0 Å². The van der Waals surface area contributed by atoms with Crippen molar-refractivity contribution in [3.8, 4) is 0 Å². The van der Waals surface area contributed by atoms with Crippen molar-refractivity contribution in [2.45, 2.75) is 19.8 Å². The van der Waals surface area contributed by atoms with Gasteiger partial charge in [0.05, 0.1) is 6.26 Å². The molecule has 136 valence electrons. The van der Waals surface area contributed by atoms with Crippen molar-refractivity contribution in [1.82, 2.24) is 0 Å². The number of sulfonamides is 1. The second kappa shape index (κ2) is 7.33. The number of aryl methyl sites for hydroxylation is 2. The molecule has 6 heteroatoms. The molecule has 0 atom stereocenters. The van der Waals surface area contributed by atoms with Gasteiger partial charge in [0.25, 0.3) is 5.91 Å². The van der Waals surface area contributed by atoms with Crippen LogP contribution in [-0.4, -0.2) is 27.1 Å². The van der Waals surface area contributed by atoms with Crippen molar-refractivity contribution >= 4 is 33.4 Å². The molecule has 0 saturated carbocycles. The number of nitrogens with zero attached hydrogens (tertiary/aromatic N) is 1. The number of carbonyl (C=O) groups is 1. The van der Waals surface area contributed by atoms with Crippen molar-refractivity contribution in [3.63, 3.8) is 0 Å². The van der Waals surface area contributed by atoms with Gasteiger partial charge in [-0.15, -0.1) is 0 Å². The molecule has 0 aliphatic carbocycles. The van der Waals surface area contributed by atoms with E-state index in [1.165, 1.54) is 11.1 Å². The zero-order valence-corrected chi connectivity index (χ0v) is 15.7. The van der Waals surface area contributed by atoms with Crippen LogP contribution in [0.2, 0.25) is 0 Å². The summed E-state index contributed by atoms with van der Waals surface area (Å²) in [5.41, 5.74) is 4.74. The van der Waals surface area contributed by atoms with E-state index in [1.54, 1.807) is 36.4 Å². The summed E-state index contributed by atoms with van der Waals surface area (Å²) in [6.45, 7) is 2.78. The zero-order valence-electron chi connectivity index (χ0n) is 14.9. The fourth-order valence-corrected chi connectivity index (χ4v) is 3.65. The second-order valence-corrected chi connectivity index (χ2v) is 8.30. The highest BCUT2D eigenvalue weighted by molar-refractivity contribution is 7.92. The minimum Gasteiger partial charge on any atom is -0.309 e. The molecule has 5 nitrogen and oxygen atoms in total. The Hall–Kier alpha value is -2.60. The maximum atomic E-state index is 12.6. The predicted octanol–water partition coefficient (Wildman–Crippen LogP) is 3.36. The van der Waals surface area contributed by atoms with Crippen LogP contribution in [0.3, 0.4) is 0 Å². The SMILES string of the molecule is Cc1ccc2c(c1)CCCN2C(=O)/C=C/c1ccc(NS(C)(=O)=O)cc1. The Bertz CT molecular complexity index is 948. The summed E-state index contributed by atoms with van der Waals surface area (Å²) in [4.78, 5) is 14.4. The Morgan fingerprint density at radius 2 is 1.88 bits per heavy atom. The van der Waals surface area contributed by atoms with Crippen LogP contribution in [0.25, 0.3) is 6.08 Å². The first kappa shape index (κ1) is 18.2. The fourth-order valence-electron chi connectivity index (χ4n) is 3.09. The van der Waals surface area contributed by atoms with Gasteiger partial charge in [-0.05, 0) is 55.2 Å². The molecular weight excluding hydrogens is 348 g/mol. The molecule has 1 aliphatic rings. The topological polar surface area (TPSA) is 66.5 Å². The van der Waals surface area contributed by atoms with Crippen LogP contribution >= 0.6 is 0 Å². The molecule has 1 amide bonds. The highest BCUT2D eigenvalue weighted by Crippen LogP contribution is 2.28. The highest BCUT2D eigenvalue weighted by Gasteiger charge is 2.20. The van der Waals surface area contributed by atoms with Crippen molar-refractivity contribution in [2.75, 3.05) is 22.4 Å². The summed E-state index contributed by atoms with van der Waals surface area (Å²) in [7, 11) is -3.29. The maximum Gasteiger partial charge on any atom is 0.250 e. The molecule has 0 unspecified atom stereocenters.